The summed E-state index contributed by atoms with van der Waals surface area (Å²) in [5.41, 5.74) is 7.47. The summed E-state index contributed by atoms with van der Waals surface area (Å²) < 4.78 is 0. The van der Waals surface area contributed by atoms with Crippen LogP contribution in [0.3, 0.4) is 0 Å². The maximum Gasteiger partial charge on any atom is 0.293 e. The van der Waals surface area contributed by atoms with Crippen molar-refractivity contribution in [1.82, 2.24) is 0 Å². The van der Waals surface area contributed by atoms with E-state index in [1.807, 2.05) is 20.8 Å². The average Bonchev–Trinajstić information content (AvgIpc) is 2.31. The fourth-order valence-electron chi connectivity index (χ4n) is 1.57. The molecule has 1 aromatic carbocycles. The molecule has 0 saturated carbocycles. The van der Waals surface area contributed by atoms with Crippen LogP contribution in [-0.4, -0.2) is 16.9 Å². The van der Waals surface area contributed by atoms with Gasteiger partial charge in [0.2, 0.25) is 5.91 Å². The van der Waals surface area contributed by atoms with Crippen LogP contribution in [-0.2, 0) is 4.79 Å². The lowest BCUT2D eigenvalue weighted by Gasteiger charge is -2.16. The van der Waals surface area contributed by atoms with Gasteiger partial charge in [0.1, 0.15) is 5.69 Å². The minimum atomic E-state index is -0.693. The van der Waals surface area contributed by atoms with Crippen LogP contribution in [0.2, 0.25) is 0 Å². The van der Waals surface area contributed by atoms with Gasteiger partial charge in [-0.15, -0.1) is 0 Å². The van der Waals surface area contributed by atoms with Crippen LogP contribution in [0.25, 0.3) is 0 Å². The Morgan fingerprint density at radius 1 is 1.32 bits per heavy atom. The molecule has 0 aliphatic carbocycles. The van der Waals surface area contributed by atoms with E-state index in [9.17, 15) is 14.9 Å². The van der Waals surface area contributed by atoms with Gasteiger partial charge in [-0.1, -0.05) is 13.8 Å². The van der Waals surface area contributed by atoms with E-state index in [2.05, 4.69) is 5.32 Å². The van der Waals surface area contributed by atoms with Gasteiger partial charge in [0.25, 0.3) is 5.69 Å². The van der Waals surface area contributed by atoms with Crippen molar-refractivity contribution in [1.29, 1.82) is 0 Å². The van der Waals surface area contributed by atoms with Crippen LogP contribution in [0, 0.1) is 29.9 Å². The number of anilines is 1. The van der Waals surface area contributed by atoms with E-state index in [1.54, 1.807) is 13.0 Å². The molecule has 0 bridgehead atoms. The zero-order valence-electron chi connectivity index (χ0n) is 11.6. The molecule has 1 aromatic rings. The molecule has 19 heavy (non-hydrogen) atoms. The highest BCUT2D eigenvalue weighted by atomic mass is 16.6. The third-order valence-electron chi connectivity index (χ3n) is 3.09. The van der Waals surface area contributed by atoms with E-state index in [0.29, 0.717) is 0 Å². The van der Waals surface area contributed by atoms with Crippen LogP contribution in [0.1, 0.15) is 25.0 Å². The van der Waals surface area contributed by atoms with Gasteiger partial charge in [-0.25, -0.2) is 0 Å². The van der Waals surface area contributed by atoms with E-state index in [4.69, 9.17) is 5.73 Å². The molecule has 3 N–H and O–H groups in total. The molecule has 6 nitrogen and oxygen atoms in total. The second-order valence-electron chi connectivity index (χ2n) is 4.97. The van der Waals surface area contributed by atoms with E-state index < -0.39 is 16.9 Å². The number of nitrogens with two attached hydrogens (primary N) is 1. The number of rotatable bonds is 4. The Balaban J connectivity index is 3.10. The van der Waals surface area contributed by atoms with Crippen molar-refractivity contribution < 1.29 is 9.72 Å². The number of nitrogens with one attached hydrogen (secondary N) is 1. The second-order valence-corrected chi connectivity index (χ2v) is 4.97. The first-order valence-corrected chi connectivity index (χ1v) is 6.06. The number of aryl methyl sites for hydroxylation is 2. The number of benzene rings is 1. The molecular weight excluding hydrogens is 246 g/mol. The lowest BCUT2D eigenvalue weighted by atomic mass is 10.0. The first-order chi connectivity index (χ1) is 8.73. The Labute approximate surface area is 112 Å². The normalized spacial score (nSPS) is 12.3. The van der Waals surface area contributed by atoms with E-state index in [-0.39, 0.29) is 17.3 Å². The molecule has 6 heteroatoms. The molecule has 0 saturated heterocycles. The number of nitro groups is 1. The van der Waals surface area contributed by atoms with Crippen LogP contribution in [0.5, 0.6) is 0 Å². The Morgan fingerprint density at radius 2 is 1.84 bits per heavy atom. The SMILES string of the molecule is Cc1cc(NC(=O)C(N)C(C)C)c([N+](=O)[O-])cc1C. The molecule has 0 fully saturated rings. The summed E-state index contributed by atoms with van der Waals surface area (Å²) in [4.78, 5) is 22.3. The summed E-state index contributed by atoms with van der Waals surface area (Å²) in [5, 5.41) is 13.5. The number of carbonyl (C=O) groups is 1. The first-order valence-electron chi connectivity index (χ1n) is 6.06. The summed E-state index contributed by atoms with van der Waals surface area (Å²) in [7, 11) is 0. The van der Waals surface area contributed by atoms with Gasteiger partial charge in [-0.2, -0.15) is 0 Å². The van der Waals surface area contributed by atoms with Crippen LogP contribution in [0.15, 0.2) is 12.1 Å². The Bertz CT molecular complexity index is 512. The highest BCUT2D eigenvalue weighted by Gasteiger charge is 2.22. The van der Waals surface area contributed by atoms with Crippen molar-refractivity contribution in [2.75, 3.05) is 5.32 Å². The van der Waals surface area contributed by atoms with Gasteiger partial charge in [-0.05, 0) is 37.0 Å². The molecule has 1 atom stereocenters. The molecular formula is C13H19N3O3. The molecule has 1 rings (SSSR count). The predicted molar refractivity (Wildman–Crippen MR) is 74.0 cm³/mol. The third-order valence-corrected chi connectivity index (χ3v) is 3.09. The summed E-state index contributed by atoms with van der Waals surface area (Å²) in [6, 6.07) is 2.35. The van der Waals surface area contributed by atoms with Crippen molar-refractivity contribution in [3.05, 3.63) is 33.4 Å². The van der Waals surface area contributed by atoms with E-state index in [0.717, 1.165) is 11.1 Å². The van der Waals surface area contributed by atoms with Crippen molar-refractivity contribution in [2.45, 2.75) is 33.7 Å². The standard InChI is InChI=1S/C13H19N3O3/c1-7(2)12(14)13(17)15-10-5-8(3)9(4)6-11(10)16(18)19/h5-7,12H,14H2,1-4H3,(H,15,17). The summed E-state index contributed by atoms with van der Waals surface area (Å²) >= 11 is 0. The highest BCUT2D eigenvalue weighted by molar-refractivity contribution is 5.96. The van der Waals surface area contributed by atoms with Gasteiger partial charge in [0.05, 0.1) is 11.0 Å². The molecule has 0 heterocycles. The minimum Gasteiger partial charge on any atom is -0.320 e. The third kappa shape index (κ3) is 3.51. The van der Waals surface area contributed by atoms with E-state index in [1.165, 1.54) is 6.07 Å². The number of hydrogen-bond donors (Lipinski definition) is 2. The summed E-state index contributed by atoms with van der Waals surface area (Å²) in [5.74, 6) is -0.452. The summed E-state index contributed by atoms with van der Waals surface area (Å²) in [6.45, 7) is 7.25. The Hall–Kier alpha value is -1.95. The van der Waals surface area contributed by atoms with Gasteiger partial charge >= 0.3 is 0 Å². The monoisotopic (exact) mass is 265 g/mol. The maximum atomic E-state index is 11.9. The molecule has 0 aliphatic rings. The fraction of sp³-hybridized carbons (Fsp3) is 0.462. The van der Waals surface area contributed by atoms with Crippen LogP contribution >= 0.6 is 0 Å². The largest absolute Gasteiger partial charge is 0.320 e. The molecule has 1 unspecified atom stereocenters. The second kappa shape index (κ2) is 5.79. The lowest BCUT2D eigenvalue weighted by Crippen LogP contribution is -2.39. The fourth-order valence-corrected chi connectivity index (χ4v) is 1.57. The van der Waals surface area contributed by atoms with E-state index >= 15 is 0 Å². The Morgan fingerprint density at radius 3 is 2.32 bits per heavy atom. The molecule has 104 valence electrons. The highest BCUT2D eigenvalue weighted by Crippen LogP contribution is 2.28. The molecule has 1 amide bonds. The van der Waals surface area contributed by atoms with Crippen LogP contribution in [0.4, 0.5) is 11.4 Å². The van der Waals surface area contributed by atoms with Gasteiger partial charge in [0.15, 0.2) is 0 Å². The summed E-state index contributed by atoms with van der Waals surface area (Å²) in [6.07, 6.45) is 0. The van der Waals surface area contributed by atoms with Gasteiger partial charge in [-0.3, -0.25) is 14.9 Å². The first kappa shape index (κ1) is 15.1. The number of carbonyl (C=O) groups excluding carboxylic acids is 1. The average molecular weight is 265 g/mol. The quantitative estimate of drug-likeness (QED) is 0.643. The maximum absolute atomic E-state index is 11.9. The number of nitrogens with zero attached hydrogens (tertiary/aromatic N) is 1. The molecule has 0 radical (unpaired) electrons. The van der Waals surface area contributed by atoms with Gasteiger partial charge in [0, 0.05) is 6.07 Å². The lowest BCUT2D eigenvalue weighted by molar-refractivity contribution is -0.384. The molecule has 0 spiro atoms. The minimum absolute atomic E-state index is 0.0365. The molecule has 0 aliphatic heterocycles. The van der Waals surface area contributed by atoms with Gasteiger partial charge < -0.3 is 11.1 Å². The predicted octanol–water partition coefficient (Wildman–Crippen LogP) is 2.13. The Kier molecular flexibility index (Phi) is 4.61. The van der Waals surface area contributed by atoms with Crippen molar-refractivity contribution in [3.63, 3.8) is 0 Å². The number of amides is 1. The topological polar surface area (TPSA) is 98.3 Å². The zero-order chi connectivity index (χ0) is 14.7. The van der Waals surface area contributed by atoms with Crippen molar-refractivity contribution in [2.24, 2.45) is 11.7 Å². The zero-order valence-corrected chi connectivity index (χ0v) is 11.6. The molecule has 0 aromatic heterocycles. The van der Waals surface area contributed by atoms with Crippen molar-refractivity contribution in [3.8, 4) is 0 Å². The van der Waals surface area contributed by atoms with Crippen LogP contribution < -0.4 is 11.1 Å². The van der Waals surface area contributed by atoms with Crippen molar-refractivity contribution >= 4 is 17.3 Å². The smallest absolute Gasteiger partial charge is 0.293 e. The number of hydrogen-bond acceptors (Lipinski definition) is 4. The number of nitro benzene ring substituents is 1.